The van der Waals surface area contributed by atoms with E-state index in [4.69, 9.17) is 11.6 Å². The van der Waals surface area contributed by atoms with E-state index in [-0.39, 0.29) is 5.75 Å². The maximum atomic E-state index is 12.2. The van der Waals surface area contributed by atoms with Crippen LogP contribution in [-0.2, 0) is 9.84 Å². The van der Waals surface area contributed by atoms with Gasteiger partial charge in [0.2, 0.25) is 0 Å². The summed E-state index contributed by atoms with van der Waals surface area (Å²) in [4.78, 5) is 6.12. The van der Waals surface area contributed by atoms with Crippen molar-refractivity contribution in [2.45, 2.75) is 31.9 Å². The van der Waals surface area contributed by atoms with E-state index in [1.54, 1.807) is 20.8 Å². The first-order valence-electron chi connectivity index (χ1n) is 6.72. The van der Waals surface area contributed by atoms with Crippen LogP contribution >= 0.6 is 11.6 Å². The van der Waals surface area contributed by atoms with Gasteiger partial charge in [-0.25, -0.2) is 13.4 Å². The summed E-state index contributed by atoms with van der Waals surface area (Å²) in [6, 6.07) is 2.13. The van der Waals surface area contributed by atoms with Crippen molar-refractivity contribution in [2.24, 2.45) is 0 Å². The highest BCUT2D eigenvalue weighted by Gasteiger charge is 2.37. The van der Waals surface area contributed by atoms with E-state index >= 15 is 0 Å². The van der Waals surface area contributed by atoms with Gasteiger partial charge in [-0.05, 0) is 32.8 Å². The Morgan fingerprint density at radius 3 is 2.71 bits per heavy atom. The van der Waals surface area contributed by atoms with Crippen molar-refractivity contribution >= 4 is 27.3 Å². The van der Waals surface area contributed by atoms with Crippen LogP contribution in [0.25, 0.3) is 0 Å². The normalized spacial score (nSPS) is 20.6. The van der Waals surface area contributed by atoms with Gasteiger partial charge in [-0.15, -0.1) is 0 Å². The van der Waals surface area contributed by atoms with E-state index in [1.165, 1.54) is 6.20 Å². The van der Waals surface area contributed by atoms with Crippen LogP contribution in [0.4, 0.5) is 5.82 Å². The van der Waals surface area contributed by atoms with Gasteiger partial charge in [0.05, 0.1) is 21.1 Å². The molecule has 0 amide bonds. The lowest BCUT2D eigenvalue weighted by atomic mass is 10.1. The van der Waals surface area contributed by atoms with E-state index in [0.29, 0.717) is 41.5 Å². The fourth-order valence-corrected chi connectivity index (χ4v) is 3.89. The third-order valence-electron chi connectivity index (χ3n) is 4.12. The molecule has 1 fully saturated rings. The predicted octanol–water partition coefficient (Wildman–Crippen LogP) is 2.32. The zero-order chi connectivity index (χ0) is 15.8. The number of nitrogens with zero attached hydrogens (tertiary/aromatic N) is 3. The summed E-state index contributed by atoms with van der Waals surface area (Å²) in [5.74, 6) is 0.584. The Balaban J connectivity index is 2.42. The summed E-state index contributed by atoms with van der Waals surface area (Å²) in [6.07, 6.45) is 2.02. The molecule has 114 valence electrons. The maximum absolute atomic E-state index is 12.2. The van der Waals surface area contributed by atoms with Crippen LogP contribution in [0.5, 0.6) is 0 Å². The third kappa shape index (κ3) is 2.85. The van der Waals surface area contributed by atoms with Crippen molar-refractivity contribution in [1.82, 2.24) is 4.98 Å². The molecule has 1 aliphatic rings. The molecule has 0 bridgehead atoms. The molecule has 1 saturated heterocycles. The molecule has 0 atom stereocenters. The van der Waals surface area contributed by atoms with E-state index in [9.17, 15) is 13.7 Å². The molecule has 1 aromatic heterocycles. The fourth-order valence-electron chi connectivity index (χ4n) is 2.33. The molecular formula is C14H18ClN3O2S. The van der Waals surface area contributed by atoms with Crippen molar-refractivity contribution in [3.05, 3.63) is 22.3 Å². The minimum atomic E-state index is -3.15. The minimum absolute atomic E-state index is 0.0637. The number of anilines is 1. The number of hydrogen-bond donors (Lipinski definition) is 0. The Hall–Kier alpha value is -1.32. The highest BCUT2D eigenvalue weighted by atomic mass is 35.5. The van der Waals surface area contributed by atoms with E-state index in [1.807, 2.05) is 4.90 Å². The van der Waals surface area contributed by atoms with Crippen LogP contribution in [0.2, 0.25) is 5.02 Å². The monoisotopic (exact) mass is 327 g/mol. The standard InChI is InChI=1S/C14H18ClN3O2S/c1-10-11(8-16)13(17-9-12(10)15)18-5-4-14(2,3)21(19,20)7-6-18/h9H,4-7H2,1-3H3. The molecule has 0 spiro atoms. The van der Waals surface area contributed by atoms with Crippen molar-refractivity contribution in [3.63, 3.8) is 0 Å². The van der Waals surface area contributed by atoms with Gasteiger partial charge in [-0.1, -0.05) is 11.6 Å². The van der Waals surface area contributed by atoms with Gasteiger partial charge in [-0.2, -0.15) is 5.26 Å². The number of aromatic nitrogens is 1. The van der Waals surface area contributed by atoms with Crippen LogP contribution in [0.1, 0.15) is 31.4 Å². The number of nitriles is 1. The number of halogens is 1. The zero-order valence-corrected chi connectivity index (χ0v) is 13.9. The van der Waals surface area contributed by atoms with Crippen LogP contribution < -0.4 is 4.90 Å². The number of hydrogen-bond acceptors (Lipinski definition) is 5. The molecule has 0 saturated carbocycles. The molecule has 21 heavy (non-hydrogen) atoms. The quantitative estimate of drug-likeness (QED) is 0.791. The molecule has 0 radical (unpaired) electrons. The summed E-state index contributed by atoms with van der Waals surface area (Å²) >= 11 is 6.00. The molecule has 0 unspecified atom stereocenters. The Bertz CT molecular complexity index is 708. The van der Waals surface area contributed by atoms with Gasteiger partial charge < -0.3 is 4.90 Å². The molecule has 5 nitrogen and oxygen atoms in total. The first kappa shape index (κ1) is 16.1. The number of pyridine rings is 1. The molecule has 0 aromatic carbocycles. The molecule has 0 N–H and O–H groups in total. The Kier molecular flexibility index (Phi) is 4.18. The highest BCUT2D eigenvalue weighted by molar-refractivity contribution is 7.92. The van der Waals surface area contributed by atoms with Crippen molar-refractivity contribution < 1.29 is 8.42 Å². The van der Waals surface area contributed by atoms with Gasteiger partial charge in [0.1, 0.15) is 11.9 Å². The van der Waals surface area contributed by atoms with Crippen molar-refractivity contribution in [2.75, 3.05) is 23.7 Å². The average molecular weight is 328 g/mol. The average Bonchev–Trinajstić information content (AvgIpc) is 2.51. The lowest BCUT2D eigenvalue weighted by Crippen LogP contribution is -2.33. The molecule has 2 rings (SSSR count). The highest BCUT2D eigenvalue weighted by Crippen LogP contribution is 2.30. The van der Waals surface area contributed by atoms with E-state index in [2.05, 4.69) is 11.1 Å². The maximum Gasteiger partial charge on any atom is 0.157 e. The van der Waals surface area contributed by atoms with Crippen LogP contribution in [-0.4, -0.2) is 37.0 Å². The summed E-state index contributed by atoms with van der Waals surface area (Å²) < 4.78 is 23.7. The Labute approximate surface area is 130 Å². The first-order valence-corrected chi connectivity index (χ1v) is 8.75. The van der Waals surface area contributed by atoms with Crippen LogP contribution in [0.3, 0.4) is 0 Å². The van der Waals surface area contributed by atoms with Gasteiger partial charge in [0.15, 0.2) is 9.84 Å². The summed E-state index contributed by atoms with van der Waals surface area (Å²) in [6.45, 7) is 6.16. The summed E-state index contributed by atoms with van der Waals surface area (Å²) in [7, 11) is -3.15. The summed E-state index contributed by atoms with van der Waals surface area (Å²) in [5, 5.41) is 9.78. The molecule has 1 aromatic rings. The van der Waals surface area contributed by atoms with Crippen molar-refractivity contribution in [1.29, 1.82) is 5.26 Å². The minimum Gasteiger partial charge on any atom is -0.354 e. The van der Waals surface area contributed by atoms with Gasteiger partial charge in [-0.3, -0.25) is 0 Å². The lowest BCUT2D eigenvalue weighted by molar-refractivity contribution is 0.538. The second kappa shape index (κ2) is 5.47. The Morgan fingerprint density at radius 2 is 2.10 bits per heavy atom. The topological polar surface area (TPSA) is 74.1 Å². The van der Waals surface area contributed by atoms with Crippen LogP contribution in [0, 0.1) is 18.3 Å². The Morgan fingerprint density at radius 1 is 1.43 bits per heavy atom. The fraction of sp³-hybridized carbons (Fsp3) is 0.571. The van der Waals surface area contributed by atoms with Crippen molar-refractivity contribution in [3.8, 4) is 6.07 Å². The first-order chi connectivity index (χ1) is 9.69. The van der Waals surface area contributed by atoms with Gasteiger partial charge in [0.25, 0.3) is 0 Å². The smallest absolute Gasteiger partial charge is 0.157 e. The SMILES string of the molecule is Cc1c(Cl)cnc(N2CCC(C)(C)S(=O)(=O)CC2)c1C#N. The van der Waals surface area contributed by atoms with Gasteiger partial charge >= 0.3 is 0 Å². The summed E-state index contributed by atoms with van der Waals surface area (Å²) in [5.41, 5.74) is 1.09. The lowest BCUT2D eigenvalue weighted by Gasteiger charge is -2.24. The molecule has 1 aliphatic heterocycles. The zero-order valence-electron chi connectivity index (χ0n) is 12.4. The number of sulfone groups is 1. The molecule has 0 aliphatic carbocycles. The van der Waals surface area contributed by atoms with Crippen LogP contribution in [0.15, 0.2) is 6.20 Å². The second-order valence-electron chi connectivity index (χ2n) is 5.86. The van der Waals surface area contributed by atoms with E-state index < -0.39 is 14.6 Å². The third-order valence-corrected chi connectivity index (χ3v) is 7.11. The van der Waals surface area contributed by atoms with E-state index in [0.717, 1.165) is 0 Å². The predicted molar refractivity (Wildman–Crippen MR) is 83.4 cm³/mol. The largest absolute Gasteiger partial charge is 0.354 e. The number of rotatable bonds is 1. The second-order valence-corrected chi connectivity index (χ2v) is 9.01. The molecular weight excluding hydrogens is 310 g/mol. The molecule has 7 heteroatoms. The molecule has 2 heterocycles. The van der Waals surface area contributed by atoms with Gasteiger partial charge in [0, 0.05) is 19.3 Å².